The van der Waals surface area contributed by atoms with Gasteiger partial charge in [-0.25, -0.2) is 4.98 Å². The number of thiophene rings is 1. The van der Waals surface area contributed by atoms with Crippen molar-refractivity contribution in [2.24, 2.45) is 0 Å². The van der Waals surface area contributed by atoms with Crippen LogP contribution in [0.2, 0.25) is 0 Å². The number of carbonyl (C=O) groups is 1. The van der Waals surface area contributed by atoms with E-state index in [1.165, 1.54) is 6.26 Å². The lowest BCUT2D eigenvalue weighted by Crippen LogP contribution is -2.17. The van der Waals surface area contributed by atoms with Gasteiger partial charge in [0.1, 0.15) is 22.3 Å². The summed E-state index contributed by atoms with van der Waals surface area (Å²) >= 11 is 1.54. The number of rotatable bonds is 9. The van der Waals surface area contributed by atoms with Gasteiger partial charge in [-0.2, -0.15) is 0 Å². The summed E-state index contributed by atoms with van der Waals surface area (Å²) in [5.74, 6) is 2.03. The minimum Gasteiger partial charge on any atom is -0.497 e. The second kappa shape index (κ2) is 10.4. The first-order chi connectivity index (χ1) is 16.5. The van der Waals surface area contributed by atoms with Crippen molar-refractivity contribution in [3.05, 3.63) is 88.3 Å². The number of carbonyl (C=O) groups excluding carboxylic acids is 1. The van der Waals surface area contributed by atoms with Crippen molar-refractivity contribution >= 4 is 28.1 Å². The highest BCUT2D eigenvalue weighted by atomic mass is 32.1. The lowest BCUT2D eigenvalue weighted by atomic mass is 9.98. The quantitative estimate of drug-likeness (QED) is 0.304. The summed E-state index contributed by atoms with van der Waals surface area (Å²) in [5, 5.41) is 7.32. The Balaban J connectivity index is 1.82. The van der Waals surface area contributed by atoms with Crippen LogP contribution in [-0.4, -0.2) is 25.1 Å². The molecule has 3 heterocycles. The molecule has 0 aliphatic carbocycles. The number of ether oxygens (including phenoxy) is 2. The van der Waals surface area contributed by atoms with Crippen molar-refractivity contribution in [1.29, 1.82) is 0 Å². The third-order valence-corrected chi connectivity index (χ3v) is 6.61. The predicted octanol–water partition coefficient (Wildman–Crippen LogP) is 6.08. The van der Waals surface area contributed by atoms with Gasteiger partial charge in [-0.05, 0) is 61.4 Å². The van der Waals surface area contributed by atoms with Gasteiger partial charge >= 0.3 is 0 Å². The molecule has 0 bridgehead atoms. The zero-order chi connectivity index (χ0) is 24.1. The fourth-order valence-corrected chi connectivity index (χ4v) is 4.69. The summed E-state index contributed by atoms with van der Waals surface area (Å²) in [6.07, 6.45) is 4.09. The molecule has 0 saturated carbocycles. The molecule has 1 amide bonds. The van der Waals surface area contributed by atoms with Gasteiger partial charge in [0.25, 0.3) is 5.91 Å². The summed E-state index contributed by atoms with van der Waals surface area (Å²) in [7, 11) is 3.25. The molecular weight excluding hydrogens is 450 g/mol. The van der Waals surface area contributed by atoms with Crippen LogP contribution in [0.1, 0.15) is 45.1 Å². The molecule has 0 radical (unpaired) electrons. The molecule has 8 heteroatoms. The first kappa shape index (κ1) is 23.4. The second-order valence-electron chi connectivity index (χ2n) is 7.69. The second-order valence-corrected chi connectivity index (χ2v) is 8.82. The van der Waals surface area contributed by atoms with Crippen LogP contribution in [0.4, 0.5) is 10.8 Å². The highest BCUT2D eigenvalue weighted by Crippen LogP contribution is 2.41. The van der Waals surface area contributed by atoms with Crippen molar-refractivity contribution in [3.63, 3.8) is 0 Å². The minimum absolute atomic E-state index is 0.254. The topological polar surface area (TPSA) is 85.6 Å². The normalized spacial score (nSPS) is 11.6. The number of pyridine rings is 1. The molecule has 34 heavy (non-hydrogen) atoms. The number of hydrogen-bond donors (Lipinski definition) is 2. The largest absolute Gasteiger partial charge is 0.497 e. The first-order valence-corrected chi connectivity index (χ1v) is 11.7. The van der Waals surface area contributed by atoms with E-state index in [0.29, 0.717) is 11.5 Å². The molecule has 0 saturated heterocycles. The van der Waals surface area contributed by atoms with Gasteiger partial charge < -0.3 is 24.5 Å². The predicted molar refractivity (Wildman–Crippen MR) is 134 cm³/mol. The molecule has 4 aromatic rings. The zero-order valence-corrected chi connectivity index (χ0v) is 20.4. The highest BCUT2D eigenvalue weighted by Gasteiger charge is 2.26. The van der Waals surface area contributed by atoms with E-state index in [1.807, 2.05) is 37.3 Å². The average molecular weight is 478 g/mol. The Kier molecular flexibility index (Phi) is 7.18. The fourth-order valence-electron chi connectivity index (χ4n) is 3.66. The summed E-state index contributed by atoms with van der Waals surface area (Å²) in [4.78, 5) is 18.5. The van der Waals surface area contributed by atoms with Gasteiger partial charge in [0.2, 0.25) is 0 Å². The number of furan rings is 1. The lowest BCUT2D eigenvalue weighted by Gasteiger charge is -2.23. The Bertz CT molecular complexity index is 1270. The molecule has 2 N–H and O–H groups in total. The summed E-state index contributed by atoms with van der Waals surface area (Å²) < 4.78 is 16.4. The monoisotopic (exact) mass is 477 g/mol. The number of aromatic nitrogens is 1. The molecule has 176 valence electrons. The molecule has 3 aromatic heterocycles. The standard InChI is InChI=1S/C26H27N3O4S/c1-5-18-15-20(26(34-18)29-25(30)21-7-6-12-33-21)24(28-23-13-16(2)10-11-27-23)19-9-8-17(31-3)14-22(19)32-4/h6-15,24H,5H2,1-4H3,(H,27,28)(H,29,30)/t24-/m1/s1. The molecule has 0 spiro atoms. The summed E-state index contributed by atoms with van der Waals surface area (Å²) in [5.41, 5.74) is 2.89. The van der Waals surface area contributed by atoms with E-state index in [1.54, 1.807) is 43.9 Å². The van der Waals surface area contributed by atoms with E-state index < -0.39 is 0 Å². The van der Waals surface area contributed by atoms with Crippen LogP contribution < -0.4 is 20.1 Å². The van der Waals surface area contributed by atoms with Crippen molar-refractivity contribution in [2.75, 3.05) is 24.9 Å². The number of hydrogen-bond acceptors (Lipinski definition) is 7. The molecule has 0 aliphatic heterocycles. The van der Waals surface area contributed by atoms with Crippen LogP contribution in [0, 0.1) is 6.92 Å². The van der Waals surface area contributed by atoms with Gasteiger partial charge in [-0.15, -0.1) is 11.3 Å². The van der Waals surface area contributed by atoms with Gasteiger partial charge in [0.15, 0.2) is 5.76 Å². The van der Waals surface area contributed by atoms with Crippen molar-refractivity contribution in [2.45, 2.75) is 26.3 Å². The first-order valence-electron chi connectivity index (χ1n) is 10.9. The molecular formula is C26H27N3O4S. The van der Waals surface area contributed by atoms with E-state index in [9.17, 15) is 4.79 Å². The zero-order valence-electron chi connectivity index (χ0n) is 19.5. The van der Waals surface area contributed by atoms with Crippen LogP contribution in [0.25, 0.3) is 0 Å². The third kappa shape index (κ3) is 5.07. The van der Waals surface area contributed by atoms with E-state index in [0.717, 1.165) is 38.8 Å². The van der Waals surface area contributed by atoms with Crippen molar-refractivity contribution in [3.8, 4) is 11.5 Å². The van der Waals surface area contributed by atoms with Crippen LogP contribution in [0.3, 0.4) is 0 Å². The van der Waals surface area contributed by atoms with E-state index >= 15 is 0 Å². The molecule has 1 aromatic carbocycles. The van der Waals surface area contributed by atoms with Gasteiger partial charge in [0.05, 0.1) is 26.5 Å². The molecule has 7 nitrogen and oxygen atoms in total. The number of anilines is 2. The number of amides is 1. The molecule has 4 rings (SSSR count). The molecule has 1 atom stereocenters. The van der Waals surface area contributed by atoms with Crippen molar-refractivity contribution < 1.29 is 18.7 Å². The Labute approximate surface area is 202 Å². The Morgan fingerprint density at radius 1 is 1.12 bits per heavy atom. The molecule has 0 unspecified atom stereocenters. The van der Waals surface area contributed by atoms with Gasteiger partial charge in [-0.3, -0.25) is 4.79 Å². The maximum Gasteiger partial charge on any atom is 0.291 e. The van der Waals surface area contributed by atoms with Crippen LogP contribution in [0.5, 0.6) is 11.5 Å². The smallest absolute Gasteiger partial charge is 0.291 e. The lowest BCUT2D eigenvalue weighted by molar-refractivity contribution is 0.0997. The van der Waals surface area contributed by atoms with E-state index in [-0.39, 0.29) is 17.7 Å². The molecule has 0 aliphatic rings. The Hall–Kier alpha value is -3.78. The van der Waals surface area contributed by atoms with E-state index in [4.69, 9.17) is 13.9 Å². The summed E-state index contributed by atoms with van der Waals surface area (Å²) in [6, 6.07) is 14.7. The maximum atomic E-state index is 12.8. The number of nitrogens with one attached hydrogen (secondary N) is 2. The SMILES string of the molecule is CCc1cc([C@H](Nc2cc(C)ccn2)c2ccc(OC)cc2OC)c(NC(=O)c2ccco2)s1. The van der Waals surface area contributed by atoms with Crippen LogP contribution in [0.15, 0.2) is 65.4 Å². The number of aryl methyl sites for hydroxylation is 2. The summed E-state index contributed by atoms with van der Waals surface area (Å²) in [6.45, 7) is 4.11. The van der Waals surface area contributed by atoms with Crippen LogP contribution in [-0.2, 0) is 6.42 Å². The third-order valence-electron chi connectivity index (χ3n) is 5.40. The highest BCUT2D eigenvalue weighted by molar-refractivity contribution is 7.16. The van der Waals surface area contributed by atoms with E-state index in [2.05, 4.69) is 28.6 Å². The number of benzene rings is 1. The maximum absolute atomic E-state index is 12.8. The Morgan fingerprint density at radius 2 is 1.97 bits per heavy atom. The van der Waals surface area contributed by atoms with Crippen molar-refractivity contribution in [1.82, 2.24) is 4.98 Å². The van der Waals surface area contributed by atoms with Crippen LogP contribution >= 0.6 is 11.3 Å². The number of nitrogens with zero attached hydrogens (tertiary/aromatic N) is 1. The molecule has 0 fully saturated rings. The van der Waals surface area contributed by atoms with Gasteiger partial charge in [-0.1, -0.05) is 6.92 Å². The fraction of sp³-hybridized carbons (Fsp3) is 0.231. The minimum atomic E-state index is -0.349. The Morgan fingerprint density at radius 3 is 2.65 bits per heavy atom. The van der Waals surface area contributed by atoms with Gasteiger partial charge in [0, 0.05) is 28.3 Å². The average Bonchev–Trinajstić information content (AvgIpc) is 3.53. The number of methoxy groups -OCH3 is 2.